The highest BCUT2D eigenvalue weighted by Gasteiger charge is 2.27. The van der Waals surface area contributed by atoms with Crippen molar-refractivity contribution in [2.75, 3.05) is 12.4 Å². The van der Waals surface area contributed by atoms with Crippen LogP contribution >= 0.6 is 11.8 Å². The first-order valence-corrected chi connectivity index (χ1v) is 5.90. The van der Waals surface area contributed by atoms with Crippen molar-refractivity contribution >= 4 is 11.8 Å². The predicted octanol–water partition coefficient (Wildman–Crippen LogP) is -0.0803. The monoisotopic (exact) mass is 246 g/mol. The van der Waals surface area contributed by atoms with Crippen molar-refractivity contribution in [1.29, 1.82) is 0 Å². The molecule has 7 heteroatoms. The van der Waals surface area contributed by atoms with Crippen LogP contribution in [0.2, 0.25) is 0 Å². The maximum Gasteiger partial charge on any atom is 0.329 e. The first-order valence-electron chi connectivity index (χ1n) is 4.85. The molecule has 0 saturated carbocycles. The lowest BCUT2D eigenvalue weighted by molar-refractivity contribution is 0.233. The van der Waals surface area contributed by atoms with E-state index in [0.717, 1.165) is 11.9 Å². The number of nitrogens with zero attached hydrogens (tertiary/aromatic N) is 1. The molecule has 0 amide bonds. The molecule has 0 aliphatic carbocycles. The molecule has 1 aromatic heterocycles. The van der Waals surface area contributed by atoms with Gasteiger partial charge in [-0.15, -0.1) is 11.8 Å². The van der Waals surface area contributed by atoms with E-state index in [4.69, 9.17) is 5.11 Å². The first-order chi connectivity index (χ1) is 7.61. The maximum atomic E-state index is 13.0. The van der Waals surface area contributed by atoms with Crippen molar-refractivity contribution < 1.29 is 9.50 Å². The van der Waals surface area contributed by atoms with Gasteiger partial charge in [0.15, 0.2) is 0 Å². The number of aromatic nitrogens is 2. The summed E-state index contributed by atoms with van der Waals surface area (Å²) in [5, 5.41) is 8.75. The minimum absolute atomic E-state index is 0.0596. The van der Waals surface area contributed by atoms with Gasteiger partial charge in [0.05, 0.1) is 11.6 Å². The fourth-order valence-corrected chi connectivity index (χ4v) is 3.13. The second-order valence-electron chi connectivity index (χ2n) is 3.72. The highest BCUT2D eigenvalue weighted by atomic mass is 32.2. The van der Waals surface area contributed by atoms with Crippen LogP contribution in [0.15, 0.2) is 15.8 Å². The number of nitrogens with one attached hydrogen (secondary N) is 1. The summed E-state index contributed by atoms with van der Waals surface area (Å²) in [5.74, 6) is -0.113. The quantitative estimate of drug-likeness (QED) is 0.765. The van der Waals surface area contributed by atoms with Gasteiger partial charge in [-0.1, -0.05) is 0 Å². The van der Waals surface area contributed by atoms with Crippen LogP contribution < -0.4 is 11.2 Å². The number of hydrogen-bond acceptors (Lipinski definition) is 4. The minimum Gasteiger partial charge on any atom is -0.396 e. The van der Waals surface area contributed by atoms with Crippen LogP contribution in [0, 0.1) is 11.7 Å². The Hall–Kier alpha value is -1.08. The van der Waals surface area contributed by atoms with Gasteiger partial charge in [0.1, 0.15) is 0 Å². The molecule has 0 bridgehead atoms. The molecular formula is C9H11FN2O3S. The van der Waals surface area contributed by atoms with E-state index in [9.17, 15) is 14.0 Å². The van der Waals surface area contributed by atoms with Gasteiger partial charge < -0.3 is 5.11 Å². The lowest BCUT2D eigenvalue weighted by Crippen LogP contribution is -2.32. The zero-order valence-corrected chi connectivity index (χ0v) is 9.17. The Morgan fingerprint density at radius 3 is 3.00 bits per heavy atom. The number of aromatic amines is 1. The molecule has 0 aromatic carbocycles. The van der Waals surface area contributed by atoms with Crippen LogP contribution in [0.25, 0.3) is 0 Å². The molecule has 2 N–H and O–H groups in total. The average Bonchev–Trinajstić information content (AvgIpc) is 2.71. The second kappa shape index (κ2) is 4.42. The zero-order chi connectivity index (χ0) is 11.7. The fraction of sp³-hybridized carbons (Fsp3) is 0.556. The Bertz CT molecular complexity index is 498. The number of H-pyrrole nitrogens is 1. The molecule has 1 aliphatic rings. The molecule has 2 rings (SSSR count). The number of aliphatic hydroxyl groups excluding tert-OH is 1. The molecule has 1 fully saturated rings. The second-order valence-corrected chi connectivity index (χ2v) is 4.93. The number of rotatable bonds is 2. The number of thioether (sulfide) groups is 1. The third-order valence-electron chi connectivity index (χ3n) is 2.55. The van der Waals surface area contributed by atoms with Gasteiger partial charge >= 0.3 is 5.69 Å². The van der Waals surface area contributed by atoms with E-state index in [2.05, 4.69) is 0 Å². The third-order valence-corrected chi connectivity index (χ3v) is 4.02. The van der Waals surface area contributed by atoms with E-state index < -0.39 is 17.1 Å². The molecule has 2 atom stereocenters. The summed E-state index contributed by atoms with van der Waals surface area (Å²) in [4.78, 5) is 24.2. The average molecular weight is 246 g/mol. The van der Waals surface area contributed by atoms with Crippen LogP contribution in [0.4, 0.5) is 4.39 Å². The van der Waals surface area contributed by atoms with E-state index in [-0.39, 0.29) is 17.9 Å². The van der Waals surface area contributed by atoms with Crippen LogP contribution in [0.5, 0.6) is 0 Å². The molecule has 1 aliphatic heterocycles. The molecule has 88 valence electrons. The summed E-state index contributed by atoms with van der Waals surface area (Å²) in [7, 11) is 0. The number of halogens is 1. The molecule has 5 nitrogen and oxygen atoms in total. The molecule has 16 heavy (non-hydrogen) atoms. The van der Waals surface area contributed by atoms with E-state index >= 15 is 0 Å². The Labute approximate surface area is 94.3 Å². The van der Waals surface area contributed by atoms with E-state index in [1.165, 1.54) is 16.3 Å². The molecular weight excluding hydrogens is 235 g/mol. The zero-order valence-electron chi connectivity index (χ0n) is 8.35. The predicted molar refractivity (Wildman–Crippen MR) is 58.0 cm³/mol. The van der Waals surface area contributed by atoms with E-state index in [1.807, 2.05) is 4.98 Å². The maximum absolute atomic E-state index is 13.0. The van der Waals surface area contributed by atoms with Crippen molar-refractivity contribution in [3.63, 3.8) is 0 Å². The highest BCUT2D eigenvalue weighted by Crippen LogP contribution is 2.38. The van der Waals surface area contributed by atoms with E-state index in [1.54, 1.807) is 0 Å². The van der Waals surface area contributed by atoms with Crippen LogP contribution in [-0.2, 0) is 0 Å². The van der Waals surface area contributed by atoms with Crippen LogP contribution in [-0.4, -0.2) is 27.0 Å². The Morgan fingerprint density at radius 1 is 1.62 bits per heavy atom. The Balaban J connectivity index is 2.32. The van der Waals surface area contributed by atoms with Gasteiger partial charge in [0, 0.05) is 12.4 Å². The summed E-state index contributed by atoms with van der Waals surface area (Å²) >= 11 is 1.47. The summed E-state index contributed by atoms with van der Waals surface area (Å²) in [6.45, 7) is 0.0596. The normalized spacial score (nSPS) is 24.9. The van der Waals surface area contributed by atoms with Crippen molar-refractivity contribution in [2.45, 2.75) is 11.8 Å². The standard InChI is InChI=1S/C9H11FN2O3S/c10-6-2-12(9(15)11-8(6)14)7-1-5(3-13)4-16-7/h2,5,7,13H,1,3-4H2,(H,11,14,15)/t5-,7+/m1/s1. The third kappa shape index (κ3) is 2.05. The Morgan fingerprint density at radius 2 is 2.38 bits per heavy atom. The Kier molecular flexibility index (Phi) is 3.15. The molecule has 0 radical (unpaired) electrons. The van der Waals surface area contributed by atoms with Gasteiger partial charge in [-0.05, 0) is 12.3 Å². The van der Waals surface area contributed by atoms with Gasteiger partial charge in [0.25, 0.3) is 5.56 Å². The van der Waals surface area contributed by atoms with Crippen molar-refractivity contribution in [1.82, 2.24) is 9.55 Å². The van der Waals surface area contributed by atoms with Gasteiger partial charge in [-0.3, -0.25) is 14.3 Å². The van der Waals surface area contributed by atoms with Gasteiger partial charge in [0.2, 0.25) is 5.82 Å². The van der Waals surface area contributed by atoms with Crippen LogP contribution in [0.1, 0.15) is 11.8 Å². The molecule has 1 saturated heterocycles. The fourth-order valence-electron chi connectivity index (χ4n) is 1.66. The molecule has 2 heterocycles. The highest BCUT2D eigenvalue weighted by molar-refractivity contribution is 7.99. The van der Waals surface area contributed by atoms with Crippen molar-refractivity contribution in [3.8, 4) is 0 Å². The summed E-state index contributed by atoms with van der Waals surface area (Å²) in [6.07, 6.45) is 1.53. The lowest BCUT2D eigenvalue weighted by Gasteiger charge is -2.12. The summed E-state index contributed by atoms with van der Waals surface area (Å²) < 4.78 is 14.2. The van der Waals surface area contributed by atoms with Gasteiger partial charge in [-0.2, -0.15) is 4.39 Å². The molecule has 0 spiro atoms. The summed E-state index contributed by atoms with van der Waals surface area (Å²) in [6, 6.07) is 0. The lowest BCUT2D eigenvalue weighted by atomic mass is 10.1. The first kappa shape index (κ1) is 11.4. The molecule has 1 aromatic rings. The van der Waals surface area contributed by atoms with Crippen molar-refractivity contribution in [2.24, 2.45) is 5.92 Å². The van der Waals surface area contributed by atoms with Crippen molar-refractivity contribution in [3.05, 3.63) is 32.9 Å². The van der Waals surface area contributed by atoms with Gasteiger partial charge in [-0.25, -0.2) is 4.79 Å². The van der Waals surface area contributed by atoms with Crippen LogP contribution in [0.3, 0.4) is 0 Å². The summed E-state index contributed by atoms with van der Waals surface area (Å²) in [5.41, 5.74) is -1.61. The van der Waals surface area contributed by atoms with E-state index in [0.29, 0.717) is 6.42 Å². The molecule has 0 unspecified atom stereocenters. The largest absolute Gasteiger partial charge is 0.396 e. The number of aliphatic hydroxyl groups is 1. The minimum atomic E-state index is -0.997. The topological polar surface area (TPSA) is 75.1 Å². The smallest absolute Gasteiger partial charge is 0.329 e. The number of hydrogen-bond donors (Lipinski definition) is 2. The SMILES string of the molecule is O=c1[nH]c(=O)n([C@@H]2C[C@H](CO)CS2)cc1F.